The number of para-hydroxylation sites is 1. The van der Waals surface area contributed by atoms with Crippen molar-refractivity contribution in [2.75, 3.05) is 0 Å². The van der Waals surface area contributed by atoms with Gasteiger partial charge in [-0.2, -0.15) is 5.10 Å². The maximum atomic E-state index is 4.27. The van der Waals surface area contributed by atoms with Crippen LogP contribution in [0.15, 0.2) is 24.3 Å². The van der Waals surface area contributed by atoms with Crippen LogP contribution in [0.2, 0.25) is 0 Å². The first-order valence-electron chi connectivity index (χ1n) is 3.48. The monoisotopic (exact) mass is 164 g/mol. The number of aromatic nitrogens is 2. The number of aryl methyl sites for hydroxylation is 1. The fourth-order valence-corrected chi connectivity index (χ4v) is 1.65. The van der Waals surface area contributed by atoms with E-state index in [9.17, 15) is 0 Å². The standard InChI is InChI=1S/C8H9N2P/c1-6-7-4-2-3-5-8(7)10(11)9-6/h2-5H,11H2,1H3. The van der Waals surface area contributed by atoms with E-state index in [2.05, 4.69) is 26.6 Å². The maximum absolute atomic E-state index is 4.27. The zero-order valence-corrected chi connectivity index (χ0v) is 7.44. The molecule has 0 aliphatic rings. The summed E-state index contributed by atoms with van der Waals surface area (Å²) >= 11 is 0. The normalized spacial score (nSPS) is 10.7. The Labute approximate surface area is 67.5 Å². The SMILES string of the molecule is Cc1nn(P)c2ccccc12. The fraction of sp³-hybridized carbons (Fsp3) is 0.125. The van der Waals surface area contributed by atoms with E-state index in [0.29, 0.717) is 0 Å². The van der Waals surface area contributed by atoms with Gasteiger partial charge >= 0.3 is 0 Å². The van der Waals surface area contributed by atoms with Crippen LogP contribution in [0.1, 0.15) is 5.69 Å². The van der Waals surface area contributed by atoms with Crippen LogP contribution in [0.3, 0.4) is 0 Å². The van der Waals surface area contributed by atoms with E-state index in [1.807, 2.05) is 23.5 Å². The summed E-state index contributed by atoms with van der Waals surface area (Å²) in [5.74, 6) is 0. The molecule has 2 aromatic rings. The molecule has 1 aromatic heterocycles. The highest BCUT2D eigenvalue weighted by molar-refractivity contribution is 7.14. The molecule has 1 aromatic carbocycles. The third kappa shape index (κ3) is 0.945. The van der Waals surface area contributed by atoms with Crippen molar-refractivity contribution in [2.24, 2.45) is 0 Å². The van der Waals surface area contributed by atoms with Crippen LogP contribution in [0, 0.1) is 6.92 Å². The summed E-state index contributed by atoms with van der Waals surface area (Å²) in [6, 6.07) is 8.19. The molecule has 1 unspecified atom stereocenters. The van der Waals surface area contributed by atoms with Crippen LogP contribution >= 0.6 is 9.39 Å². The van der Waals surface area contributed by atoms with Crippen LogP contribution in [-0.2, 0) is 0 Å². The Morgan fingerprint density at radius 1 is 1.36 bits per heavy atom. The number of hydrogen-bond donors (Lipinski definition) is 0. The van der Waals surface area contributed by atoms with E-state index < -0.39 is 0 Å². The van der Waals surface area contributed by atoms with Crippen molar-refractivity contribution >= 4 is 20.3 Å². The highest BCUT2D eigenvalue weighted by atomic mass is 31.0. The largest absolute Gasteiger partial charge is 0.250 e. The predicted octanol–water partition coefficient (Wildman–Crippen LogP) is 1.98. The van der Waals surface area contributed by atoms with Gasteiger partial charge in [-0.1, -0.05) is 18.2 Å². The number of rotatable bonds is 0. The molecule has 2 rings (SSSR count). The third-order valence-corrected chi connectivity index (χ3v) is 2.19. The highest BCUT2D eigenvalue weighted by Gasteiger charge is 2.01. The summed E-state index contributed by atoms with van der Waals surface area (Å²) in [5, 5.41) is 5.49. The molecule has 0 aliphatic carbocycles. The molecular formula is C8H9N2P. The molecule has 56 valence electrons. The molecule has 0 saturated heterocycles. The van der Waals surface area contributed by atoms with Crippen LogP contribution in [0.5, 0.6) is 0 Å². The lowest BCUT2D eigenvalue weighted by Crippen LogP contribution is -1.79. The molecule has 3 heteroatoms. The Morgan fingerprint density at radius 3 is 2.82 bits per heavy atom. The Kier molecular flexibility index (Phi) is 1.43. The van der Waals surface area contributed by atoms with Crippen molar-refractivity contribution in [3.8, 4) is 0 Å². The average Bonchev–Trinajstić information content (AvgIpc) is 2.30. The quantitative estimate of drug-likeness (QED) is 0.544. The van der Waals surface area contributed by atoms with Gasteiger partial charge in [0.25, 0.3) is 0 Å². The number of nitrogens with zero attached hydrogens (tertiary/aromatic N) is 2. The van der Waals surface area contributed by atoms with E-state index in [1.165, 1.54) is 5.39 Å². The Morgan fingerprint density at radius 2 is 2.09 bits per heavy atom. The highest BCUT2D eigenvalue weighted by Crippen LogP contribution is 2.18. The Balaban J connectivity index is 2.95. The van der Waals surface area contributed by atoms with Gasteiger partial charge in [-0.3, -0.25) is 4.45 Å². The molecule has 1 atom stereocenters. The minimum Gasteiger partial charge on any atom is -0.250 e. The van der Waals surface area contributed by atoms with Crippen molar-refractivity contribution in [2.45, 2.75) is 6.92 Å². The molecule has 0 saturated carbocycles. The summed E-state index contributed by atoms with van der Waals surface area (Å²) in [7, 11) is 2.57. The van der Waals surface area contributed by atoms with E-state index in [1.54, 1.807) is 0 Å². The van der Waals surface area contributed by atoms with E-state index in [-0.39, 0.29) is 0 Å². The average molecular weight is 164 g/mol. The van der Waals surface area contributed by atoms with Gasteiger partial charge in [0.05, 0.1) is 11.2 Å². The molecular weight excluding hydrogens is 155 g/mol. The second kappa shape index (κ2) is 2.31. The van der Waals surface area contributed by atoms with Gasteiger partial charge in [-0.05, 0) is 22.4 Å². The molecule has 0 N–H and O–H groups in total. The zero-order chi connectivity index (χ0) is 7.84. The van der Waals surface area contributed by atoms with Crippen molar-refractivity contribution in [3.63, 3.8) is 0 Å². The zero-order valence-electron chi connectivity index (χ0n) is 6.28. The smallest absolute Gasteiger partial charge is 0.0720 e. The first-order valence-corrected chi connectivity index (χ1v) is 4.00. The molecule has 0 aliphatic heterocycles. The molecule has 0 spiro atoms. The number of hydrogen-bond acceptors (Lipinski definition) is 1. The summed E-state index contributed by atoms with van der Waals surface area (Å²) in [6.45, 7) is 2.02. The second-order valence-corrected chi connectivity index (χ2v) is 3.04. The van der Waals surface area contributed by atoms with E-state index in [0.717, 1.165) is 11.2 Å². The lowest BCUT2D eigenvalue weighted by atomic mass is 10.2. The van der Waals surface area contributed by atoms with Gasteiger partial charge in [0.1, 0.15) is 0 Å². The van der Waals surface area contributed by atoms with E-state index in [4.69, 9.17) is 0 Å². The maximum Gasteiger partial charge on any atom is 0.0720 e. The Bertz CT molecular complexity index is 356. The molecule has 0 fully saturated rings. The minimum atomic E-state index is 1.08. The summed E-state index contributed by atoms with van der Waals surface area (Å²) in [5.41, 5.74) is 2.24. The number of fused-ring (bicyclic) bond motifs is 1. The molecule has 1 heterocycles. The van der Waals surface area contributed by atoms with Crippen molar-refractivity contribution < 1.29 is 0 Å². The van der Waals surface area contributed by atoms with Crippen LogP contribution in [0.25, 0.3) is 10.9 Å². The molecule has 0 amide bonds. The molecule has 11 heavy (non-hydrogen) atoms. The van der Waals surface area contributed by atoms with Gasteiger partial charge < -0.3 is 0 Å². The van der Waals surface area contributed by atoms with Gasteiger partial charge in [0.2, 0.25) is 0 Å². The summed E-state index contributed by atoms with van der Waals surface area (Å²) in [6.07, 6.45) is 0. The van der Waals surface area contributed by atoms with Gasteiger partial charge in [0, 0.05) is 5.39 Å². The van der Waals surface area contributed by atoms with Gasteiger partial charge in [-0.25, -0.2) is 0 Å². The Hall–Kier alpha value is -0.880. The molecule has 0 radical (unpaired) electrons. The summed E-state index contributed by atoms with van der Waals surface area (Å²) in [4.78, 5) is 0. The van der Waals surface area contributed by atoms with Crippen molar-refractivity contribution in [1.82, 2.24) is 9.55 Å². The summed E-state index contributed by atoms with van der Waals surface area (Å²) < 4.78 is 1.82. The molecule has 0 bridgehead atoms. The first kappa shape index (κ1) is 6.81. The van der Waals surface area contributed by atoms with Crippen molar-refractivity contribution in [3.05, 3.63) is 30.0 Å². The van der Waals surface area contributed by atoms with Crippen LogP contribution in [-0.4, -0.2) is 9.55 Å². The van der Waals surface area contributed by atoms with E-state index >= 15 is 0 Å². The minimum absolute atomic E-state index is 1.08. The predicted molar refractivity (Wildman–Crippen MR) is 49.6 cm³/mol. The number of benzene rings is 1. The van der Waals surface area contributed by atoms with Gasteiger partial charge in [-0.15, -0.1) is 0 Å². The van der Waals surface area contributed by atoms with Crippen LogP contribution < -0.4 is 0 Å². The van der Waals surface area contributed by atoms with Gasteiger partial charge in [0.15, 0.2) is 0 Å². The molecule has 2 nitrogen and oxygen atoms in total. The fourth-order valence-electron chi connectivity index (χ4n) is 1.25. The van der Waals surface area contributed by atoms with Crippen LogP contribution in [0.4, 0.5) is 0 Å². The second-order valence-electron chi connectivity index (χ2n) is 2.55. The lowest BCUT2D eigenvalue weighted by Gasteiger charge is -1.89. The first-order chi connectivity index (χ1) is 5.29. The van der Waals surface area contributed by atoms with Crippen molar-refractivity contribution in [1.29, 1.82) is 0 Å². The third-order valence-electron chi connectivity index (χ3n) is 1.80. The topological polar surface area (TPSA) is 17.8 Å². The lowest BCUT2D eigenvalue weighted by molar-refractivity contribution is 1.00.